The maximum atomic E-state index is 12.7. The first kappa shape index (κ1) is 23.3. The molecular weight excluding hydrogens is 430 g/mol. The minimum Gasteiger partial charge on any atom is -0.463 e. The standard InChI is InChI=1S/C24H26ClN3O4/c1-4-14-28-15(3)20(23(30)32-5-2)21(27-24(28)31)16-8-12-19(13-9-16)26-22(29)17-6-10-18(25)11-7-17/h6-13,21H,4-5,14H2,1-3H3,(H,26,29)(H,27,31)/t21-/m0/s1. The molecule has 1 atom stereocenters. The summed E-state index contributed by atoms with van der Waals surface area (Å²) < 4.78 is 5.26. The van der Waals surface area contributed by atoms with E-state index >= 15 is 0 Å². The highest BCUT2D eigenvalue weighted by Gasteiger charge is 2.36. The minimum atomic E-state index is -0.643. The van der Waals surface area contributed by atoms with Crippen molar-refractivity contribution < 1.29 is 19.1 Å². The summed E-state index contributed by atoms with van der Waals surface area (Å²) in [6.07, 6.45) is 0.757. The normalized spacial score (nSPS) is 15.9. The number of halogens is 1. The second kappa shape index (κ2) is 10.3. The highest BCUT2D eigenvalue weighted by Crippen LogP contribution is 2.32. The molecule has 0 fully saturated rings. The molecule has 168 valence electrons. The molecule has 32 heavy (non-hydrogen) atoms. The fourth-order valence-electron chi connectivity index (χ4n) is 3.56. The van der Waals surface area contributed by atoms with Crippen LogP contribution in [-0.2, 0) is 9.53 Å². The molecule has 0 bridgehead atoms. The van der Waals surface area contributed by atoms with Crippen molar-refractivity contribution in [2.45, 2.75) is 33.2 Å². The summed E-state index contributed by atoms with van der Waals surface area (Å²) >= 11 is 5.87. The van der Waals surface area contributed by atoms with Crippen LogP contribution in [-0.4, -0.2) is 36.0 Å². The van der Waals surface area contributed by atoms with Crippen LogP contribution in [0.25, 0.3) is 0 Å². The lowest BCUT2D eigenvalue weighted by molar-refractivity contribution is -0.139. The van der Waals surface area contributed by atoms with Crippen LogP contribution in [0.3, 0.4) is 0 Å². The third kappa shape index (κ3) is 5.11. The van der Waals surface area contributed by atoms with Crippen molar-refractivity contribution in [2.24, 2.45) is 0 Å². The zero-order valence-corrected chi connectivity index (χ0v) is 19.0. The number of rotatable bonds is 7. The molecule has 3 amide bonds. The van der Waals surface area contributed by atoms with Crippen molar-refractivity contribution in [2.75, 3.05) is 18.5 Å². The van der Waals surface area contributed by atoms with Gasteiger partial charge in [0.15, 0.2) is 0 Å². The summed E-state index contributed by atoms with van der Waals surface area (Å²) in [5.74, 6) is -0.727. The molecule has 1 heterocycles. The number of ether oxygens (including phenoxy) is 1. The number of carbonyl (C=O) groups is 3. The molecule has 8 heteroatoms. The Morgan fingerprint density at radius 2 is 1.75 bits per heavy atom. The average molecular weight is 456 g/mol. The molecule has 0 aliphatic carbocycles. The maximum Gasteiger partial charge on any atom is 0.338 e. The van der Waals surface area contributed by atoms with E-state index in [1.54, 1.807) is 67.3 Å². The van der Waals surface area contributed by atoms with Gasteiger partial charge in [-0.1, -0.05) is 30.7 Å². The van der Waals surface area contributed by atoms with Gasteiger partial charge in [0.05, 0.1) is 18.2 Å². The number of allylic oxidation sites excluding steroid dienone is 1. The molecule has 1 aliphatic rings. The van der Waals surface area contributed by atoms with Gasteiger partial charge in [0.1, 0.15) is 0 Å². The van der Waals surface area contributed by atoms with Crippen LogP contribution in [0, 0.1) is 0 Å². The van der Waals surface area contributed by atoms with Crippen LogP contribution in [0.15, 0.2) is 59.8 Å². The minimum absolute atomic E-state index is 0.236. The number of hydrogen-bond donors (Lipinski definition) is 2. The number of amides is 3. The molecular formula is C24H26ClN3O4. The molecule has 3 rings (SSSR count). The number of nitrogens with one attached hydrogen (secondary N) is 2. The number of carbonyl (C=O) groups excluding carboxylic acids is 3. The summed E-state index contributed by atoms with van der Waals surface area (Å²) in [4.78, 5) is 39.4. The SMILES string of the molecule is CCCN1C(=O)N[C@@H](c2ccc(NC(=O)c3ccc(Cl)cc3)cc2)C(C(=O)OCC)=C1C. The first-order chi connectivity index (χ1) is 15.3. The molecule has 7 nitrogen and oxygen atoms in total. The van der Waals surface area contributed by atoms with Gasteiger partial charge in [-0.2, -0.15) is 0 Å². The van der Waals surface area contributed by atoms with E-state index < -0.39 is 12.0 Å². The predicted molar refractivity (Wildman–Crippen MR) is 123 cm³/mol. The lowest BCUT2D eigenvalue weighted by Gasteiger charge is -2.35. The molecule has 2 N–H and O–H groups in total. The van der Waals surface area contributed by atoms with Crippen molar-refractivity contribution in [3.63, 3.8) is 0 Å². The second-order valence-electron chi connectivity index (χ2n) is 7.34. The number of anilines is 1. The Hall–Kier alpha value is -3.32. The highest BCUT2D eigenvalue weighted by molar-refractivity contribution is 6.30. The van der Waals surface area contributed by atoms with Crippen LogP contribution in [0.1, 0.15) is 49.2 Å². The van der Waals surface area contributed by atoms with Crippen molar-refractivity contribution >= 4 is 35.2 Å². The third-order valence-corrected chi connectivity index (χ3v) is 5.40. The molecule has 0 aromatic heterocycles. The van der Waals surface area contributed by atoms with Crippen molar-refractivity contribution in [3.05, 3.63) is 76.0 Å². The van der Waals surface area contributed by atoms with Gasteiger partial charge < -0.3 is 15.4 Å². The van der Waals surface area contributed by atoms with Crippen LogP contribution >= 0.6 is 11.6 Å². The van der Waals surface area contributed by atoms with Gasteiger partial charge in [-0.05, 0) is 62.2 Å². The average Bonchev–Trinajstić information content (AvgIpc) is 2.77. The van der Waals surface area contributed by atoms with E-state index in [0.717, 1.165) is 6.42 Å². The molecule has 0 spiro atoms. The quantitative estimate of drug-likeness (QED) is 0.581. The summed E-state index contributed by atoms with van der Waals surface area (Å²) in [6, 6.07) is 12.7. The molecule has 2 aromatic carbocycles. The van der Waals surface area contributed by atoms with Gasteiger partial charge in [-0.25, -0.2) is 9.59 Å². The van der Waals surface area contributed by atoms with E-state index in [-0.39, 0.29) is 18.5 Å². The van der Waals surface area contributed by atoms with Crippen molar-refractivity contribution in [1.82, 2.24) is 10.2 Å². The van der Waals surface area contributed by atoms with Gasteiger partial charge >= 0.3 is 12.0 Å². The van der Waals surface area contributed by atoms with Gasteiger partial charge in [-0.3, -0.25) is 9.69 Å². The largest absolute Gasteiger partial charge is 0.463 e. The number of benzene rings is 2. The van der Waals surface area contributed by atoms with E-state index in [4.69, 9.17) is 16.3 Å². The number of esters is 1. The van der Waals surface area contributed by atoms with Gasteiger partial charge in [0.25, 0.3) is 5.91 Å². The van der Waals surface area contributed by atoms with Crippen LogP contribution in [0.4, 0.5) is 10.5 Å². The number of hydrogen-bond acceptors (Lipinski definition) is 4. The Labute approximate surface area is 192 Å². The zero-order valence-electron chi connectivity index (χ0n) is 18.3. The molecule has 0 unspecified atom stereocenters. The van der Waals surface area contributed by atoms with Gasteiger partial charge in [-0.15, -0.1) is 0 Å². The van der Waals surface area contributed by atoms with E-state index in [1.807, 2.05) is 6.92 Å². The van der Waals surface area contributed by atoms with Crippen molar-refractivity contribution in [3.8, 4) is 0 Å². The van der Waals surface area contributed by atoms with E-state index in [1.165, 1.54) is 0 Å². The lowest BCUT2D eigenvalue weighted by Crippen LogP contribution is -2.48. The third-order valence-electron chi connectivity index (χ3n) is 5.15. The topological polar surface area (TPSA) is 87.7 Å². The first-order valence-electron chi connectivity index (χ1n) is 10.5. The Morgan fingerprint density at radius 1 is 1.09 bits per heavy atom. The molecule has 0 saturated heterocycles. The fraction of sp³-hybridized carbons (Fsp3) is 0.292. The van der Waals surface area contributed by atoms with E-state index in [2.05, 4.69) is 10.6 Å². The summed E-state index contributed by atoms with van der Waals surface area (Å²) in [7, 11) is 0. The first-order valence-corrected chi connectivity index (χ1v) is 10.9. The van der Waals surface area contributed by atoms with E-state index in [0.29, 0.717) is 39.7 Å². The maximum absolute atomic E-state index is 12.7. The molecule has 1 aliphatic heterocycles. The van der Waals surface area contributed by atoms with Crippen LogP contribution in [0.2, 0.25) is 5.02 Å². The highest BCUT2D eigenvalue weighted by atomic mass is 35.5. The molecule has 2 aromatic rings. The number of nitrogens with zero attached hydrogens (tertiary/aromatic N) is 1. The second-order valence-corrected chi connectivity index (χ2v) is 7.77. The van der Waals surface area contributed by atoms with Gasteiger partial charge in [0.2, 0.25) is 0 Å². The lowest BCUT2D eigenvalue weighted by atomic mass is 9.94. The summed E-state index contributed by atoms with van der Waals surface area (Å²) in [6.45, 7) is 6.21. The summed E-state index contributed by atoms with van der Waals surface area (Å²) in [5, 5.41) is 6.28. The Bertz CT molecular complexity index is 1030. The van der Waals surface area contributed by atoms with Gasteiger partial charge in [0, 0.05) is 28.5 Å². The molecule has 0 saturated carbocycles. The monoisotopic (exact) mass is 455 g/mol. The van der Waals surface area contributed by atoms with E-state index in [9.17, 15) is 14.4 Å². The number of urea groups is 1. The zero-order chi connectivity index (χ0) is 23.3. The predicted octanol–water partition coefficient (Wildman–Crippen LogP) is 4.91. The Kier molecular flexibility index (Phi) is 7.53. The Morgan fingerprint density at radius 3 is 2.34 bits per heavy atom. The fourth-order valence-corrected chi connectivity index (χ4v) is 3.69. The van der Waals surface area contributed by atoms with Crippen LogP contribution in [0.5, 0.6) is 0 Å². The Balaban J connectivity index is 1.85. The van der Waals surface area contributed by atoms with Crippen molar-refractivity contribution in [1.29, 1.82) is 0 Å². The van der Waals surface area contributed by atoms with Crippen LogP contribution < -0.4 is 10.6 Å². The summed E-state index contributed by atoms with van der Waals surface area (Å²) in [5.41, 5.74) is 2.76. The smallest absolute Gasteiger partial charge is 0.338 e. The molecule has 0 radical (unpaired) electrons.